The summed E-state index contributed by atoms with van der Waals surface area (Å²) < 4.78 is 1.99. The van der Waals surface area contributed by atoms with E-state index in [1.807, 2.05) is 15.7 Å². The van der Waals surface area contributed by atoms with Gasteiger partial charge in [0.25, 0.3) is 5.91 Å². The lowest BCUT2D eigenvalue weighted by Gasteiger charge is -2.32. The van der Waals surface area contributed by atoms with E-state index in [1.54, 1.807) is 0 Å². The average molecular weight is 408 g/mol. The van der Waals surface area contributed by atoms with Crippen LogP contribution < -0.4 is 5.32 Å². The van der Waals surface area contributed by atoms with Crippen LogP contribution in [0.1, 0.15) is 39.3 Å². The van der Waals surface area contributed by atoms with Gasteiger partial charge < -0.3 is 15.1 Å². The molecule has 1 aliphatic carbocycles. The minimum absolute atomic E-state index is 0.0849. The third kappa shape index (κ3) is 4.35. The monoisotopic (exact) mass is 407 g/mol. The van der Waals surface area contributed by atoms with Gasteiger partial charge in [-0.05, 0) is 44.4 Å². The first kappa shape index (κ1) is 20.8. The number of rotatable bonds is 6. The molecule has 0 bridgehead atoms. The molecule has 4 rings (SSSR count). The second-order valence-corrected chi connectivity index (χ2v) is 8.59. The number of nitrogens with zero attached hydrogens (tertiary/aromatic N) is 4. The molecule has 2 heterocycles. The highest BCUT2D eigenvalue weighted by molar-refractivity contribution is 5.94. The van der Waals surface area contributed by atoms with Crippen LogP contribution in [0, 0.1) is 6.92 Å². The highest BCUT2D eigenvalue weighted by atomic mass is 16.2. The molecule has 1 fully saturated rings. The van der Waals surface area contributed by atoms with E-state index in [4.69, 9.17) is 5.10 Å². The molecule has 1 amide bonds. The van der Waals surface area contributed by atoms with Gasteiger partial charge in [0.15, 0.2) is 5.69 Å². The summed E-state index contributed by atoms with van der Waals surface area (Å²) in [7, 11) is 2.10. The fourth-order valence-electron chi connectivity index (χ4n) is 4.53. The van der Waals surface area contributed by atoms with Gasteiger partial charge in [0.05, 0.1) is 6.54 Å². The van der Waals surface area contributed by atoms with Crippen molar-refractivity contribution in [3.05, 3.63) is 65.0 Å². The Hall–Kier alpha value is -2.44. The first-order valence-electron chi connectivity index (χ1n) is 11.0. The Morgan fingerprint density at radius 1 is 1.27 bits per heavy atom. The number of likely N-dealkylation sites (N-methyl/N-ethyl adjacent to an activating group) is 1. The summed E-state index contributed by atoms with van der Waals surface area (Å²) in [6.45, 7) is 10.9. The van der Waals surface area contributed by atoms with Crippen LogP contribution in [0.25, 0.3) is 0 Å². The zero-order valence-corrected chi connectivity index (χ0v) is 18.2. The van der Waals surface area contributed by atoms with Gasteiger partial charge in [-0.15, -0.1) is 6.58 Å². The lowest BCUT2D eigenvalue weighted by atomic mass is 9.90. The molecular formula is C24H33N5O. The third-order valence-electron chi connectivity index (χ3n) is 6.48. The normalized spacial score (nSPS) is 19.5. The quantitative estimate of drug-likeness (QED) is 0.748. The van der Waals surface area contributed by atoms with Gasteiger partial charge in [-0.25, -0.2) is 0 Å². The van der Waals surface area contributed by atoms with E-state index in [9.17, 15) is 4.79 Å². The Bertz CT molecular complexity index is 910. The smallest absolute Gasteiger partial charge is 0.274 e. The van der Waals surface area contributed by atoms with Crippen LogP contribution in [0.4, 0.5) is 0 Å². The highest BCUT2D eigenvalue weighted by Gasteiger charge is 2.31. The van der Waals surface area contributed by atoms with Crippen LogP contribution in [0.5, 0.6) is 0 Å². The zero-order valence-electron chi connectivity index (χ0n) is 18.2. The molecule has 1 aromatic heterocycles. The van der Waals surface area contributed by atoms with E-state index in [0.717, 1.165) is 57.5 Å². The summed E-state index contributed by atoms with van der Waals surface area (Å²) in [4.78, 5) is 17.5. The SMILES string of the molecule is C=CCn1nc(C(=O)N2CCN(C)CC2)c2c1CCC(NCc1ccccc1C)C2. The van der Waals surface area contributed by atoms with Gasteiger partial charge >= 0.3 is 0 Å². The predicted octanol–water partition coefficient (Wildman–Crippen LogP) is 2.41. The number of carbonyl (C=O) groups is 1. The number of amides is 1. The van der Waals surface area contributed by atoms with Crippen molar-refractivity contribution in [1.82, 2.24) is 24.9 Å². The van der Waals surface area contributed by atoms with Gasteiger partial charge in [0, 0.05) is 50.0 Å². The van der Waals surface area contributed by atoms with E-state index >= 15 is 0 Å². The first-order chi connectivity index (χ1) is 14.6. The number of hydrogen-bond donors (Lipinski definition) is 1. The standard InChI is InChI=1S/C24H33N5O/c1-4-11-29-22-10-9-20(25-17-19-8-6-5-7-18(19)2)16-21(22)23(26-29)24(30)28-14-12-27(3)13-15-28/h4-8,20,25H,1,9-17H2,2-3H3. The molecule has 0 saturated carbocycles. The largest absolute Gasteiger partial charge is 0.335 e. The van der Waals surface area contributed by atoms with Crippen LogP contribution in [0.3, 0.4) is 0 Å². The van der Waals surface area contributed by atoms with E-state index in [-0.39, 0.29) is 5.91 Å². The molecule has 1 unspecified atom stereocenters. The van der Waals surface area contributed by atoms with E-state index in [0.29, 0.717) is 18.3 Å². The molecule has 1 aromatic carbocycles. The van der Waals surface area contributed by atoms with E-state index in [1.165, 1.54) is 16.8 Å². The molecule has 30 heavy (non-hydrogen) atoms. The average Bonchev–Trinajstić information content (AvgIpc) is 3.11. The van der Waals surface area contributed by atoms with E-state index < -0.39 is 0 Å². The van der Waals surface area contributed by atoms with Crippen molar-refractivity contribution >= 4 is 5.91 Å². The van der Waals surface area contributed by atoms with E-state index in [2.05, 4.69) is 55.0 Å². The van der Waals surface area contributed by atoms with Crippen molar-refractivity contribution in [3.63, 3.8) is 0 Å². The van der Waals surface area contributed by atoms with Gasteiger partial charge in [-0.2, -0.15) is 5.10 Å². The number of piperazine rings is 1. The molecule has 1 saturated heterocycles. The maximum atomic E-state index is 13.3. The predicted molar refractivity (Wildman–Crippen MR) is 120 cm³/mol. The van der Waals surface area contributed by atoms with Crippen molar-refractivity contribution in [2.45, 2.75) is 45.3 Å². The van der Waals surface area contributed by atoms with Gasteiger partial charge in [-0.3, -0.25) is 9.48 Å². The first-order valence-corrected chi connectivity index (χ1v) is 11.0. The van der Waals surface area contributed by atoms with Crippen molar-refractivity contribution in [2.75, 3.05) is 33.2 Å². The molecule has 0 spiro atoms. The summed E-state index contributed by atoms with van der Waals surface area (Å²) in [6, 6.07) is 8.87. The number of aromatic nitrogens is 2. The van der Waals surface area contributed by atoms with Gasteiger partial charge in [0.1, 0.15) is 0 Å². The molecule has 6 nitrogen and oxygen atoms in total. The molecule has 6 heteroatoms. The molecule has 1 atom stereocenters. The molecular weight excluding hydrogens is 374 g/mol. The topological polar surface area (TPSA) is 53.4 Å². The summed E-state index contributed by atoms with van der Waals surface area (Å²) in [5, 5.41) is 8.48. The Kier molecular flexibility index (Phi) is 6.35. The summed E-state index contributed by atoms with van der Waals surface area (Å²) in [5.74, 6) is 0.0849. The number of hydrogen-bond acceptors (Lipinski definition) is 4. The second-order valence-electron chi connectivity index (χ2n) is 8.59. The Labute approximate surface area is 179 Å². The highest BCUT2D eigenvalue weighted by Crippen LogP contribution is 2.26. The molecule has 2 aliphatic rings. The van der Waals surface area contributed by atoms with Crippen LogP contribution in [0.2, 0.25) is 0 Å². The molecule has 160 valence electrons. The Morgan fingerprint density at radius 3 is 2.77 bits per heavy atom. The number of aryl methyl sites for hydroxylation is 1. The number of carbonyl (C=O) groups excluding carboxylic acids is 1. The minimum atomic E-state index is 0.0849. The molecule has 2 aromatic rings. The Balaban J connectivity index is 1.52. The molecule has 1 N–H and O–H groups in total. The van der Waals surface area contributed by atoms with Crippen molar-refractivity contribution < 1.29 is 4.79 Å². The number of nitrogens with one attached hydrogen (secondary N) is 1. The number of fused-ring (bicyclic) bond motifs is 1. The van der Waals surface area contributed by atoms with Gasteiger partial charge in [-0.1, -0.05) is 30.3 Å². The van der Waals surface area contributed by atoms with Gasteiger partial charge in [0.2, 0.25) is 0 Å². The summed E-state index contributed by atoms with van der Waals surface area (Å²) in [6.07, 6.45) is 4.72. The minimum Gasteiger partial charge on any atom is -0.335 e. The molecule has 1 aliphatic heterocycles. The Morgan fingerprint density at radius 2 is 2.03 bits per heavy atom. The third-order valence-corrected chi connectivity index (χ3v) is 6.48. The van der Waals surface area contributed by atoms with Crippen molar-refractivity contribution in [2.24, 2.45) is 0 Å². The van der Waals surface area contributed by atoms with Crippen molar-refractivity contribution in [1.29, 1.82) is 0 Å². The van der Waals surface area contributed by atoms with Crippen LogP contribution >= 0.6 is 0 Å². The van der Waals surface area contributed by atoms with Crippen molar-refractivity contribution in [3.8, 4) is 0 Å². The zero-order chi connectivity index (χ0) is 21.1. The second kappa shape index (κ2) is 9.14. The van der Waals surface area contributed by atoms with Crippen LogP contribution in [-0.4, -0.2) is 64.8 Å². The maximum absolute atomic E-state index is 13.3. The summed E-state index contributed by atoms with van der Waals surface area (Å²) in [5.41, 5.74) is 5.64. The fraction of sp³-hybridized carbons (Fsp3) is 0.500. The molecule has 0 radical (unpaired) electrons. The maximum Gasteiger partial charge on any atom is 0.274 e. The number of allylic oxidation sites excluding steroid dienone is 1. The van der Waals surface area contributed by atoms with Crippen LogP contribution in [0.15, 0.2) is 36.9 Å². The fourth-order valence-corrected chi connectivity index (χ4v) is 4.53. The lowest BCUT2D eigenvalue weighted by molar-refractivity contribution is 0.0656. The number of benzene rings is 1. The summed E-state index contributed by atoms with van der Waals surface area (Å²) >= 11 is 0. The lowest BCUT2D eigenvalue weighted by Crippen LogP contribution is -2.47. The van der Waals surface area contributed by atoms with Crippen LogP contribution in [-0.2, 0) is 25.9 Å².